The molecule has 0 unspecified atom stereocenters. The fourth-order valence-electron chi connectivity index (χ4n) is 3.03. The summed E-state index contributed by atoms with van der Waals surface area (Å²) >= 11 is 0. The van der Waals surface area contributed by atoms with E-state index >= 15 is 0 Å². The average Bonchev–Trinajstić information content (AvgIpc) is 2.65. The molecule has 26 heavy (non-hydrogen) atoms. The van der Waals surface area contributed by atoms with Crippen molar-refractivity contribution in [1.82, 2.24) is 0 Å². The van der Waals surface area contributed by atoms with Gasteiger partial charge in [0.2, 0.25) is 0 Å². The zero-order valence-corrected chi connectivity index (χ0v) is 15.9. The zero-order chi connectivity index (χ0) is 18.6. The van der Waals surface area contributed by atoms with Gasteiger partial charge in [0.05, 0.1) is 6.61 Å². The van der Waals surface area contributed by atoms with Crippen molar-refractivity contribution in [3.05, 3.63) is 72.3 Å². The van der Waals surface area contributed by atoms with E-state index in [2.05, 4.69) is 0 Å². The van der Waals surface area contributed by atoms with Crippen molar-refractivity contribution in [2.75, 3.05) is 25.6 Å². The number of hydrogen-bond acceptors (Lipinski definition) is 4. The van der Waals surface area contributed by atoms with E-state index in [1.54, 1.807) is 12.1 Å². The van der Waals surface area contributed by atoms with E-state index in [9.17, 15) is 8.42 Å². The second-order valence-corrected chi connectivity index (χ2v) is 7.97. The number of rotatable bonds is 7. The maximum atomic E-state index is 12.7. The molecule has 0 amide bonds. The van der Waals surface area contributed by atoms with Crippen LogP contribution in [0, 0.1) is 0 Å². The number of fused-ring (bicyclic) bond motifs is 1. The standard InChI is InChI=1S/C21H23NO3S/c1-22(2)20-14-6-13-19-18(20)12-7-15-21(19)26(23,24)25-16-8-11-17-9-4-3-5-10-17/h3-7,9-10,12-15H,8,11,16H2,1-2H3. The smallest absolute Gasteiger partial charge is 0.297 e. The molecule has 0 saturated heterocycles. The second kappa shape index (κ2) is 7.89. The lowest BCUT2D eigenvalue weighted by Crippen LogP contribution is -2.11. The highest BCUT2D eigenvalue weighted by atomic mass is 32.2. The Kier molecular flexibility index (Phi) is 5.59. The molecule has 5 heteroatoms. The molecule has 0 heterocycles. The molecule has 3 aromatic carbocycles. The molecule has 4 nitrogen and oxygen atoms in total. The van der Waals surface area contributed by atoms with Crippen molar-refractivity contribution < 1.29 is 12.6 Å². The molecule has 0 bridgehead atoms. The molecule has 3 rings (SSSR count). The summed E-state index contributed by atoms with van der Waals surface area (Å²) in [6.45, 7) is 0.168. The van der Waals surface area contributed by atoms with Gasteiger partial charge >= 0.3 is 0 Å². The van der Waals surface area contributed by atoms with Gasteiger partial charge in [-0.2, -0.15) is 8.42 Å². The Balaban J connectivity index is 1.78. The first-order chi connectivity index (χ1) is 12.5. The Morgan fingerprint density at radius 1 is 0.846 bits per heavy atom. The summed E-state index contributed by atoms with van der Waals surface area (Å²) in [7, 11) is 0.0787. The van der Waals surface area contributed by atoms with Crippen LogP contribution in [0.3, 0.4) is 0 Å². The highest BCUT2D eigenvalue weighted by Crippen LogP contribution is 2.30. The van der Waals surface area contributed by atoms with Gasteiger partial charge in [0.25, 0.3) is 10.1 Å². The van der Waals surface area contributed by atoms with Crippen molar-refractivity contribution in [1.29, 1.82) is 0 Å². The van der Waals surface area contributed by atoms with Gasteiger partial charge in [0.1, 0.15) is 4.90 Å². The minimum atomic E-state index is -3.80. The van der Waals surface area contributed by atoms with E-state index in [1.165, 1.54) is 5.56 Å². The van der Waals surface area contributed by atoms with E-state index in [1.807, 2.05) is 73.6 Å². The van der Waals surface area contributed by atoms with Crippen LogP contribution in [0.5, 0.6) is 0 Å². The summed E-state index contributed by atoms with van der Waals surface area (Å²) in [5, 5.41) is 1.58. The van der Waals surface area contributed by atoms with Gasteiger partial charge in [-0.05, 0) is 30.5 Å². The fraction of sp³-hybridized carbons (Fsp3) is 0.238. The maximum Gasteiger partial charge on any atom is 0.297 e. The summed E-state index contributed by atoms with van der Waals surface area (Å²) in [6, 6.07) is 20.9. The quantitative estimate of drug-likeness (QED) is 0.461. The van der Waals surface area contributed by atoms with Gasteiger partial charge < -0.3 is 4.90 Å². The van der Waals surface area contributed by atoms with Gasteiger partial charge in [-0.1, -0.05) is 54.6 Å². The molecule has 0 aliphatic rings. The summed E-state index contributed by atoms with van der Waals surface area (Å²) in [5.74, 6) is 0. The van der Waals surface area contributed by atoms with E-state index in [4.69, 9.17) is 4.18 Å². The summed E-state index contributed by atoms with van der Waals surface area (Å²) in [4.78, 5) is 2.19. The van der Waals surface area contributed by atoms with Gasteiger partial charge in [-0.3, -0.25) is 4.18 Å². The van der Waals surface area contributed by atoms with E-state index in [0.29, 0.717) is 11.8 Å². The molecule has 3 aromatic rings. The Morgan fingerprint density at radius 3 is 2.27 bits per heavy atom. The summed E-state index contributed by atoms with van der Waals surface area (Å²) < 4.78 is 30.7. The lowest BCUT2D eigenvalue weighted by Gasteiger charge is -2.16. The monoisotopic (exact) mass is 369 g/mol. The minimum Gasteiger partial charge on any atom is -0.377 e. The molecular formula is C21H23NO3S. The first kappa shape index (κ1) is 18.4. The molecule has 0 N–H and O–H groups in total. The predicted octanol–water partition coefficient (Wildman–Crippen LogP) is 4.24. The summed E-state index contributed by atoms with van der Waals surface area (Å²) in [5.41, 5.74) is 2.15. The van der Waals surface area contributed by atoms with Crippen molar-refractivity contribution in [3.8, 4) is 0 Å². The van der Waals surface area contributed by atoms with Crippen molar-refractivity contribution in [2.24, 2.45) is 0 Å². The first-order valence-electron chi connectivity index (χ1n) is 8.61. The van der Waals surface area contributed by atoms with E-state index in [-0.39, 0.29) is 11.5 Å². The highest BCUT2D eigenvalue weighted by molar-refractivity contribution is 7.87. The molecule has 0 aromatic heterocycles. The number of aryl methyl sites for hydroxylation is 1. The molecule has 136 valence electrons. The third-order valence-corrected chi connectivity index (χ3v) is 5.67. The third-order valence-electron chi connectivity index (χ3n) is 4.30. The second-order valence-electron chi connectivity index (χ2n) is 6.39. The van der Waals surface area contributed by atoms with Gasteiger partial charge in [-0.15, -0.1) is 0 Å². The lowest BCUT2D eigenvalue weighted by molar-refractivity contribution is 0.312. The average molecular weight is 369 g/mol. The lowest BCUT2D eigenvalue weighted by atomic mass is 10.1. The molecule has 0 spiro atoms. The molecular weight excluding hydrogens is 346 g/mol. The number of nitrogens with zero attached hydrogens (tertiary/aromatic N) is 1. The fourth-order valence-corrected chi connectivity index (χ4v) is 4.18. The van der Waals surface area contributed by atoms with Gasteiger partial charge in [0, 0.05) is 30.6 Å². The first-order valence-corrected chi connectivity index (χ1v) is 10.0. The minimum absolute atomic E-state index is 0.168. The zero-order valence-electron chi connectivity index (χ0n) is 15.1. The van der Waals surface area contributed by atoms with Crippen LogP contribution < -0.4 is 4.90 Å². The van der Waals surface area contributed by atoms with Gasteiger partial charge in [0.15, 0.2) is 0 Å². The van der Waals surface area contributed by atoms with Crippen LogP contribution in [0.4, 0.5) is 5.69 Å². The molecule has 0 saturated carbocycles. The van der Waals surface area contributed by atoms with Crippen LogP contribution >= 0.6 is 0 Å². The Hall–Kier alpha value is -2.37. The van der Waals surface area contributed by atoms with Crippen LogP contribution in [0.1, 0.15) is 12.0 Å². The molecule has 0 aliphatic heterocycles. The predicted molar refractivity (Wildman–Crippen MR) is 106 cm³/mol. The van der Waals surface area contributed by atoms with Crippen molar-refractivity contribution in [3.63, 3.8) is 0 Å². The van der Waals surface area contributed by atoms with Crippen LogP contribution in [0.15, 0.2) is 71.6 Å². The SMILES string of the molecule is CN(C)c1cccc2c(S(=O)(=O)OCCCc3ccccc3)cccc12. The topological polar surface area (TPSA) is 46.6 Å². The van der Waals surface area contributed by atoms with Crippen molar-refractivity contribution in [2.45, 2.75) is 17.7 Å². The van der Waals surface area contributed by atoms with Crippen LogP contribution in [0.25, 0.3) is 10.8 Å². The Morgan fingerprint density at radius 2 is 1.54 bits per heavy atom. The Bertz CT molecular complexity index is 983. The van der Waals surface area contributed by atoms with E-state index < -0.39 is 10.1 Å². The molecule has 0 fully saturated rings. The van der Waals surface area contributed by atoms with Gasteiger partial charge in [-0.25, -0.2) is 0 Å². The number of hydrogen-bond donors (Lipinski definition) is 0. The maximum absolute atomic E-state index is 12.7. The number of anilines is 1. The van der Waals surface area contributed by atoms with Crippen molar-refractivity contribution >= 4 is 26.6 Å². The third kappa shape index (κ3) is 4.06. The normalized spacial score (nSPS) is 11.6. The molecule has 0 radical (unpaired) electrons. The summed E-state index contributed by atoms with van der Waals surface area (Å²) in [6.07, 6.45) is 1.44. The highest BCUT2D eigenvalue weighted by Gasteiger charge is 2.19. The molecule has 0 atom stereocenters. The van der Waals surface area contributed by atoms with Crippen LogP contribution in [-0.2, 0) is 20.7 Å². The Labute approximate surface area is 155 Å². The van der Waals surface area contributed by atoms with Crippen LogP contribution in [0.2, 0.25) is 0 Å². The van der Waals surface area contributed by atoms with E-state index in [0.717, 1.165) is 17.5 Å². The largest absolute Gasteiger partial charge is 0.377 e. The van der Waals surface area contributed by atoms with Crippen LogP contribution in [-0.4, -0.2) is 29.1 Å². The molecule has 0 aliphatic carbocycles. The number of benzene rings is 3.